The Morgan fingerprint density at radius 3 is 2.89 bits per heavy atom. The highest BCUT2D eigenvalue weighted by molar-refractivity contribution is 7.99. The van der Waals surface area contributed by atoms with Crippen LogP contribution in [-0.2, 0) is 17.8 Å². The van der Waals surface area contributed by atoms with E-state index in [9.17, 15) is 4.79 Å². The number of aliphatic carboxylic acids is 1. The molecule has 2 aromatic rings. The van der Waals surface area contributed by atoms with Crippen LogP contribution in [0.3, 0.4) is 0 Å². The summed E-state index contributed by atoms with van der Waals surface area (Å²) in [6.45, 7) is 0.721. The molecule has 0 saturated carbocycles. The fourth-order valence-corrected chi connectivity index (χ4v) is 2.10. The van der Waals surface area contributed by atoms with Gasteiger partial charge in [0.25, 0.3) is 0 Å². The van der Waals surface area contributed by atoms with E-state index >= 15 is 0 Å². The van der Waals surface area contributed by atoms with Crippen LogP contribution in [0.4, 0.5) is 0 Å². The van der Waals surface area contributed by atoms with Gasteiger partial charge in [-0.15, -0.1) is 10.2 Å². The second kappa shape index (κ2) is 6.15. The molecular formula is C11H12N4O2S. The Bertz CT molecular complexity index is 515. The lowest BCUT2D eigenvalue weighted by Gasteiger charge is -2.05. The number of carbonyl (C=O) groups is 1. The summed E-state index contributed by atoms with van der Waals surface area (Å²) >= 11 is 1.17. The number of carboxylic acids is 1. The summed E-state index contributed by atoms with van der Waals surface area (Å²) in [6, 6.07) is 3.91. The quantitative estimate of drug-likeness (QED) is 0.787. The SMILES string of the molecule is O=C(O)CSc1nncn1CCc1ccncc1. The highest BCUT2D eigenvalue weighted by Gasteiger charge is 2.07. The number of carboxylic acid groups (broad SMARTS) is 1. The van der Waals surface area contributed by atoms with Gasteiger partial charge >= 0.3 is 5.97 Å². The molecule has 0 aliphatic heterocycles. The van der Waals surface area contributed by atoms with Crippen LogP contribution < -0.4 is 0 Å². The van der Waals surface area contributed by atoms with Gasteiger partial charge in [0.2, 0.25) is 0 Å². The van der Waals surface area contributed by atoms with Crippen molar-refractivity contribution in [2.45, 2.75) is 18.1 Å². The van der Waals surface area contributed by atoms with Gasteiger partial charge in [-0.05, 0) is 24.1 Å². The predicted octanol–water partition coefficient (Wildman–Crippen LogP) is 1.09. The van der Waals surface area contributed by atoms with Gasteiger partial charge in [-0.1, -0.05) is 11.8 Å². The van der Waals surface area contributed by atoms with Crippen molar-refractivity contribution in [1.82, 2.24) is 19.7 Å². The van der Waals surface area contributed by atoms with Gasteiger partial charge in [0.05, 0.1) is 5.75 Å². The van der Waals surface area contributed by atoms with E-state index in [1.807, 2.05) is 16.7 Å². The van der Waals surface area contributed by atoms with Crippen molar-refractivity contribution in [2.24, 2.45) is 0 Å². The van der Waals surface area contributed by atoms with Gasteiger partial charge in [0, 0.05) is 18.9 Å². The molecule has 0 aliphatic rings. The normalized spacial score (nSPS) is 10.4. The van der Waals surface area contributed by atoms with Crippen LogP contribution in [0.1, 0.15) is 5.56 Å². The molecule has 0 saturated heterocycles. The van der Waals surface area contributed by atoms with E-state index in [4.69, 9.17) is 5.11 Å². The summed E-state index contributed by atoms with van der Waals surface area (Å²) in [5.41, 5.74) is 1.17. The zero-order chi connectivity index (χ0) is 12.8. The number of rotatable bonds is 6. The lowest BCUT2D eigenvalue weighted by atomic mass is 10.2. The van der Waals surface area contributed by atoms with Crippen molar-refractivity contribution in [3.05, 3.63) is 36.4 Å². The molecule has 6 nitrogen and oxygen atoms in total. The van der Waals surface area contributed by atoms with E-state index in [-0.39, 0.29) is 5.75 Å². The minimum Gasteiger partial charge on any atom is -0.481 e. The molecule has 0 aromatic carbocycles. The number of thioether (sulfide) groups is 1. The van der Waals surface area contributed by atoms with Crippen molar-refractivity contribution in [2.75, 3.05) is 5.75 Å². The molecule has 0 unspecified atom stereocenters. The van der Waals surface area contributed by atoms with E-state index in [1.165, 1.54) is 17.3 Å². The largest absolute Gasteiger partial charge is 0.481 e. The lowest BCUT2D eigenvalue weighted by Crippen LogP contribution is -2.04. The maximum absolute atomic E-state index is 10.5. The summed E-state index contributed by atoms with van der Waals surface area (Å²) in [7, 11) is 0. The predicted molar refractivity (Wildman–Crippen MR) is 66.3 cm³/mol. The molecule has 0 radical (unpaired) electrons. The third kappa shape index (κ3) is 3.56. The van der Waals surface area contributed by atoms with Crippen LogP contribution in [-0.4, -0.2) is 36.6 Å². The maximum atomic E-state index is 10.5. The van der Waals surface area contributed by atoms with Crippen molar-refractivity contribution in [3.8, 4) is 0 Å². The zero-order valence-electron chi connectivity index (χ0n) is 9.56. The number of hydrogen-bond donors (Lipinski definition) is 1. The van der Waals surface area contributed by atoms with Crippen molar-refractivity contribution in [3.63, 3.8) is 0 Å². The van der Waals surface area contributed by atoms with Crippen LogP contribution in [0, 0.1) is 0 Å². The molecule has 0 bridgehead atoms. The Kier molecular flexibility index (Phi) is 4.30. The summed E-state index contributed by atoms with van der Waals surface area (Å²) < 4.78 is 1.86. The first kappa shape index (κ1) is 12.6. The zero-order valence-corrected chi connectivity index (χ0v) is 10.4. The fourth-order valence-electron chi connectivity index (χ4n) is 1.43. The highest BCUT2D eigenvalue weighted by atomic mass is 32.2. The van der Waals surface area contributed by atoms with E-state index in [0.29, 0.717) is 5.16 Å². The Hall–Kier alpha value is -1.89. The van der Waals surface area contributed by atoms with Gasteiger partial charge in [-0.3, -0.25) is 9.78 Å². The minimum absolute atomic E-state index is 0.00600. The molecule has 7 heteroatoms. The minimum atomic E-state index is -0.858. The van der Waals surface area contributed by atoms with Crippen LogP contribution in [0.25, 0.3) is 0 Å². The number of hydrogen-bond acceptors (Lipinski definition) is 5. The molecule has 0 fully saturated rings. The first-order valence-corrected chi connectivity index (χ1v) is 6.35. The summed E-state index contributed by atoms with van der Waals surface area (Å²) in [5, 5.41) is 17.0. The molecule has 18 heavy (non-hydrogen) atoms. The van der Waals surface area contributed by atoms with Crippen LogP contribution >= 0.6 is 11.8 Å². The maximum Gasteiger partial charge on any atom is 0.313 e. The molecule has 94 valence electrons. The molecule has 2 aromatic heterocycles. The number of aryl methyl sites for hydroxylation is 2. The van der Waals surface area contributed by atoms with Crippen molar-refractivity contribution < 1.29 is 9.90 Å². The van der Waals surface area contributed by atoms with Crippen LogP contribution in [0.2, 0.25) is 0 Å². The van der Waals surface area contributed by atoms with E-state index < -0.39 is 5.97 Å². The number of aromatic nitrogens is 4. The van der Waals surface area contributed by atoms with Crippen molar-refractivity contribution in [1.29, 1.82) is 0 Å². The molecule has 0 aliphatic carbocycles. The summed E-state index contributed by atoms with van der Waals surface area (Å²) in [5.74, 6) is -0.864. The van der Waals surface area contributed by atoms with Gasteiger partial charge in [-0.25, -0.2) is 0 Å². The second-order valence-corrected chi connectivity index (χ2v) is 4.54. The molecule has 0 atom stereocenters. The monoisotopic (exact) mass is 264 g/mol. The molecule has 2 rings (SSSR count). The second-order valence-electron chi connectivity index (χ2n) is 3.59. The molecule has 2 heterocycles. The summed E-state index contributed by atoms with van der Waals surface area (Å²) in [6.07, 6.45) is 5.95. The fraction of sp³-hybridized carbons (Fsp3) is 0.273. The van der Waals surface area contributed by atoms with Gasteiger partial charge in [-0.2, -0.15) is 0 Å². The van der Waals surface area contributed by atoms with Crippen LogP contribution in [0.15, 0.2) is 36.0 Å². The van der Waals surface area contributed by atoms with Gasteiger partial charge in [0.1, 0.15) is 6.33 Å². The topological polar surface area (TPSA) is 80.9 Å². The first-order chi connectivity index (χ1) is 8.75. The van der Waals surface area contributed by atoms with E-state index in [1.54, 1.807) is 18.7 Å². The lowest BCUT2D eigenvalue weighted by molar-refractivity contribution is -0.133. The Morgan fingerprint density at radius 1 is 1.39 bits per heavy atom. The Balaban J connectivity index is 1.93. The molecule has 0 spiro atoms. The van der Waals surface area contributed by atoms with E-state index in [2.05, 4.69) is 15.2 Å². The number of pyridine rings is 1. The van der Waals surface area contributed by atoms with E-state index in [0.717, 1.165) is 13.0 Å². The molecular weight excluding hydrogens is 252 g/mol. The third-order valence-corrected chi connectivity index (χ3v) is 3.26. The standard InChI is InChI=1S/C11H12N4O2S/c16-10(17)7-18-11-14-13-8-15(11)6-3-9-1-4-12-5-2-9/h1-2,4-5,8H,3,6-7H2,(H,16,17). The average Bonchev–Trinajstić information content (AvgIpc) is 2.82. The Labute approximate surface area is 108 Å². The number of nitrogens with zero attached hydrogens (tertiary/aromatic N) is 4. The van der Waals surface area contributed by atoms with Crippen LogP contribution in [0.5, 0.6) is 0 Å². The van der Waals surface area contributed by atoms with Gasteiger partial charge < -0.3 is 9.67 Å². The Morgan fingerprint density at radius 2 is 2.17 bits per heavy atom. The summed E-state index contributed by atoms with van der Waals surface area (Å²) in [4.78, 5) is 14.5. The third-order valence-electron chi connectivity index (χ3n) is 2.30. The van der Waals surface area contributed by atoms with Gasteiger partial charge in [0.15, 0.2) is 5.16 Å². The smallest absolute Gasteiger partial charge is 0.313 e. The first-order valence-electron chi connectivity index (χ1n) is 5.37. The average molecular weight is 264 g/mol. The highest BCUT2D eigenvalue weighted by Crippen LogP contribution is 2.14. The molecule has 0 amide bonds. The van der Waals surface area contributed by atoms with Crippen molar-refractivity contribution >= 4 is 17.7 Å². The molecule has 1 N–H and O–H groups in total.